The van der Waals surface area contributed by atoms with E-state index in [0.717, 1.165) is 43.3 Å². The average molecular weight is 1010 g/mol. The number of aliphatic carboxylic acids is 2. The van der Waals surface area contributed by atoms with Gasteiger partial charge in [-0.2, -0.15) is 0 Å². The van der Waals surface area contributed by atoms with E-state index >= 15 is 0 Å². The van der Waals surface area contributed by atoms with Gasteiger partial charge >= 0.3 is 20.7 Å². The van der Waals surface area contributed by atoms with Crippen LogP contribution in [0.1, 0.15) is 174 Å². The number of hydrogen-bond acceptors (Lipinski definition) is 15. The van der Waals surface area contributed by atoms with Gasteiger partial charge in [-0.3, -0.25) is 20.2 Å². The lowest BCUT2D eigenvalue weighted by molar-refractivity contribution is -0.910. The summed E-state index contributed by atoms with van der Waals surface area (Å²) in [6.07, 6.45) is 30.6. The lowest BCUT2D eigenvalue weighted by Crippen LogP contribution is -2.64. The highest BCUT2D eigenvalue weighted by Gasteiger charge is 2.48. The molecule has 12 N–H and O–H groups in total. The van der Waals surface area contributed by atoms with E-state index in [1.807, 2.05) is 0 Å². The van der Waals surface area contributed by atoms with Crippen LogP contribution in [0.5, 0.6) is 0 Å². The smallest absolute Gasteiger partial charge is 0.480 e. The Morgan fingerprint density at radius 2 is 0.710 bits per heavy atom. The summed E-state index contributed by atoms with van der Waals surface area (Å²) in [5, 5.41) is 99.6. The first-order valence-corrected chi connectivity index (χ1v) is 28.8. The number of nitrogens with one attached hydrogen (secondary N) is 3. The van der Waals surface area contributed by atoms with E-state index < -0.39 is 110 Å². The summed E-state index contributed by atoms with van der Waals surface area (Å²) >= 11 is 0. The summed E-state index contributed by atoms with van der Waals surface area (Å²) in [6, 6.07) is 0.0991. The second-order valence-corrected chi connectivity index (χ2v) is 22.9. The predicted molar refractivity (Wildman–Crippen MR) is 273 cm³/mol. The molecular weight excluding hydrogens is 909 g/mol. The zero-order chi connectivity index (χ0) is 51.6. The SMILES string of the molecule is CCCCCCCCCCCCCCCCCC[N+](C)(CCCCCCCCCC)CCC[Si](OCC(CO)(CO)NCCO)(OCC(CO)(CO)NCC(=O)O)OCC(CO)(CO)NCC(=O)O. The third kappa shape index (κ3) is 32.4. The number of aliphatic hydroxyl groups excluding tert-OH is 7. The fourth-order valence-electron chi connectivity index (χ4n) is 8.53. The maximum atomic E-state index is 11.6. The molecule has 0 amide bonds. The van der Waals surface area contributed by atoms with Gasteiger partial charge in [0.25, 0.3) is 0 Å². The molecule has 69 heavy (non-hydrogen) atoms. The molecule has 19 heteroatoms. The standard InChI is InChI=1S/C50H104N4O14Si/c1-4-6-8-10-12-14-15-16-17-18-19-20-21-23-25-27-31-54(3,30-26-24-22-13-11-9-7-5-2)32-28-34-69(66-43-48(37-56,38-57)51-29-33-55,67-44-49(39-58,40-59)52-35-46(62)63)68-45-50(41-60,42-61)53-36-47(64)65/h51-53,55-61H,4-45H2,1-3H3,(H-,62,63,64,65)/p+1. The van der Waals surface area contributed by atoms with Crippen LogP contribution in [0.15, 0.2) is 0 Å². The molecule has 0 aliphatic heterocycles. The molecule has 0 aromatic carbocycles. The van der Waals surface area contributed by atoms with Crippen molar-refractivity contribution in [3.63, 3.8) is 0 Å². The third-order valence-corrected chi connectivity index (χ3v) is 16.4. The molecule has 0 aliphatic carbocycles. The van der Waals surface area contributed by atoms with Gasteiger partial charge in [0, 0.05) is 19.0 Å². The highest BCUT2D eigenvalue weighted by molar-refractivity contribution is 6.60. The van der Waals surface area contributed by atoms with Crippen LogP contribution in [-0.4, -0.2) is 200 Å². The van der Waals surface area contributed by atoms with Crippen LogP contribution in [0.25, 0.3) is 0 Å². The van der Waals surface area contributed by atoms with E-state index in [1.54, 1.807) is 0 Å². The Morgan fingerprint density at radius 1 is 0.435 bits per heavy atom. The number of rotatable bonds is 54. The van der Waals surface area contributed by atoms with E-state index in [0.29, 0.717) is 13.0 Å². The molecule has 0 heterocycles. The lowest BCUT2D eigenvalue weighted by atomic mass is 10.0. The highest BCUT2D eigenvalue weighted by atomic mass is 28.4. The summed E-state index contributed by atoms with van der Waals surface area (Å²) in [7, 11) is -2.00. The predicted octanol–water partition coefficient (Wildman–Crippen LogP) is 4.31. The molecule has 0 bridgehead atoms. The van der Waals surface area contributed by atoms with Crippen LogP contribution in [0, 0.1) is 0 Å². The fraction of sp³-hybridized carbons (Fsp3) is 0.960. The summed E-state index contributed by atoms with van der Waals surface area (Å²) in [5.74, 6) is -2.50. The van der Waals surface area contributed by atoms with Gasteiger partial charge in [0.15, 0.2) is 0 Å². The van der Waals surface area contributed by atoms with Gasteiger partial charge in [-0.1, -0.05) is 142 Å². The van der Waals surface area contributed by atoms with Gasteiger partial charge in [-0.15, -0.1) is 0 Å². The van der Waals surface area contributed by atoms with E-state index in [1.165, 1.54) is 128 Å². The maximum absolute atomic E-state index is 11.6. The molecule has 0 fully saturated rings. The molecule has 1 atom stereocenters. The first-order chi connectivity index (χ1) is 33.2. The number of carboxylic acid groups (broad SMARTS) is 2. The van der Waals surface area contributed by atoms with Crippen LogP contribution in [0.3, 0.4) is 0 Å². The minimum atomic E-state index is -4.26. The van der Waals surface area contributed by atoms with Gasteiger partial charge in [0.05, 0.1) is 122 Å². The lowest BCUT2D eigenvalue weighted by Gasteiger charge is -2.41. The fourth-order valence-corrected chi connectivity index (χ4v) is 11.3. The largest absolute Gasteiger partial charge is 0.501 e. The number of unbranched alkanes of at least 4 members (excludes halogenated alkanes) is 22. The van der Waals surface area contributed by atoms with Crippen molar-refractivity contribution in [2.45, 2.75) is 197 Å². The Kier molecular flexibility index (Phi) is 41.2. The molecule has 18 nitrogen and oxygen atoms in total. The number of carbonyl (C=O) groups is 2. The Hall–Kier alpha value is -1.40. The molecule has 0 saturated carbocycles. The van der Waals surface area contributed by atoms with Crippen molar-refractivity contribution < 1.29 is 73.3 Å². The highest BCUT2D eigenvalue weighted by Crippen LogP contribution is 2.26. The molecule has 0 saturated heterocycles. The van der Waals surface area contributed by atoms with Gasteiger partial charge in [-0.25, -0.2) is 0 Å². The number of quaternary nitrogens is 1. The van der Waals surface area contributed by atoms with Crippen molar-refractivity contribution in [1.29, 1.82) is 0 Å². The maximum Gasteiger partial charge on any atom is 0.501 e. The van der Waals surface area contributed by atoms with Crippen molar-refractivity contribution in [3.05, 3.63) is 0 Å². The normalized spacial score (nSPS) is 13.6. The number of carboxylic acids is 2. The molecule has 0 rings (SSSR count). The quantitative estimate of drug-likeness (QED) is 0.0230. The molecule has 1 unspecified atom stereocenters. The van der Waals surface area contributed by atoms with E-state index in [9.17, 15) is 55.5 Å². The minimum absolute atomic E-state index is 0.0107. The van der Waals surface area contributed by atoms with Gasteiger partial charge in [-0.05, 0) is 25.7 Å². The first-order valence-electron chi connectivity index (χ1n) is 26.9. The zero-order valence-corrected chi connectivity index (χ0v) is 44.7. The van der Waals surface area contributed by atoms with Crippen molar-refractivity contribution in [3.8, 4) is 0 Å². The number of hydrogen-bond donors (Lipinski definition) is 12. The van der Waals surface area contributed by atoms with Crippen molar-refractivity contribution in [1.82, 2.24) is 16.0 Å². The van der Waals surface area contributed by atoms with Crippen LogP contribution >= 0.6 is 0 Å². The molecule has 0 aliphatic rings. The van der Waals surface area contributed by atoms with Crippen molar-refractivity contribution >= 4 is 20.7 Å². The summed E-state index contributed by atoms with van der Waals surface area (Å²) < 4.78 is 20.4. The molecule has 0 radical (unpaired) electrons. The van der Waals surface area contributed by atoms with Crippen LogP contribution in [0.4, 0.5) is 0 Å². The minimum Gasteiger partial charge on any atom is -0.480 e. The second-order valence-electron chi connectivity index (χ2n) is 20.2. The summed E-state index contributed by atoms with van der Waals surface area (Å²) in [5.41, 5.74) is -4.88. The van der Waals surface area contributed by atoms with Crippen LogP contribution in [0.2, 0.25) is 6.04 Å². The zero-order valence-electron chi connectivity index (χ0n) is 43.7. The Balaban J connectivity index is 6.43. The number of aliphatic hydroxyl groups is 7. The Labute approximate surface area is 418 Å². The summed E-state index contributed by atoms with van der Waals surface area (Å²) in [6.45, 7) is -0.253. The molecular formula is C50H105N4O14Si+. The van der Waals surface area contributed by atoms with Gasteiger partial charge in [0.2, 0.25) is 0 Å². The Bertz CT molecular complexity index is 1180. The molecule has 412 valence electrons. The molecule has 0 spiro atoms. The van der Waals surface area contributed by atoms with E-state index in [2.05, 4.69) is 36.8 Å². The Morgan fingerprint density at radius 3 is 0.986 bits per heavy atom. The topological polar surface area (TPSA) is 280 Å². The average Bonchev–Trinajstić information content (AvgIpc) is 3.35. The number of β-amino-alcohol motifs (C(OH)–C–C–N with tert-alkyl or cyclic N) is 1. The first kappa shape index (κ1) is 67.6. The monoisotopic (exact) mass is 1010 g/mol. The van der Waals surface area contributed by atoms with E-state index in [4.69, 9.17) is 13.3 Å². The second kappa shape index (κ2) is 42.0. The van der Waals surface area contributed by atoms with Gasteiger partial charge in [0.1, 0.15) is 0 Å². The van der Waals surface area contributed by atoms with Crippen molar-refractivity contribution in [2.24, 2.45) is 0 Å². The van der Waals surface area contributed by atoms with Crippen LogP contribution in [-0.2, 0) is 22.9 Å². The van der Waals surface area contributed by atoms with Crippen LogP contribution < -0.4 is 16.0 Å². The van der Waals surface area contributed by atoms with E-state index in [-0.39, 0.29) is 19.2 Å². The molecule has 0 aromatic heterocycles. The van der Waals surface area contributed by atoms with Gasteiger partial charge < -0.3 is 69.0 Å². The summed E-state index contributed by atoms with van der Waals surface area (Å²) in [4.78, 5) is 23.2. The molecule has 0 aromatic rings. The van der Waals surface area contributed by atoms with Crippen molar-refractivity contribution in [2.75, 3.05) is 112 Å². The number of nitrogens with zero attached hydrogens (tertiary/aromatic N) is 1. The third-order valence-electron chi connectivity index (χ3n) is 13.6.